The van der Waals surface area contributed by atoms with Gasteiger partial charge in [0.15, 0.2) is 5.78 Å². The van der Waals surface area contributed by atoms with Crippen molar-refractivity contribution in [1.29, 1.82) is 0 Å². The van der Waals surface area contributed by atoms with Gasteiger partial charge in [0, 0.05) is 5.56 Å². The molecule has 0 spiro atoms. The fraction of sp³-hybridized carbons (Fsp3) is 0.200. The van der Waals surface area contributed by atoms with Crippen LogP contribution in [-0.4, -0.2) is 17.4 Å². The molecular weight excluding hydrogens is 168 g/mol. The molecule has 1 aromatic carbocycles. The average Bonchev–Trinajstić information content (AvgIpc) is 2.06. The zero-order valence-electron chi connectivity index (χ0n) is 7.65. The summed E-state index contributed by atoms with van der Waals surface area (Å²) in [6.07, 6.45) is 0. The number of Topliss-reactive ketones (excluding diaryl/α,β-unsaturated/α-hetero) is 1. The van der Waals surface area contributed by atoms with Crippen LogP contribution in [-0.2, 0) is 4.79 Å². The number of hydrogen-bond donors (Lipinski definition) is 1. The van der Waals surface area contributed by atoms with Crippen molar-refractivity contribution in [2.45, 2.75) is 13.8 Å². The molecule has 0 fully saturated rings. The number of carbonyl (C=O) groups excluding carboxylic acids is 1. The lowest BCUT2D eigenvalue weighted by atomic mass is 10.1. The van der Waals surface area contributed by atoms with Crippen molar-refractivity contribution in [1.82, 2.24) is 0 Å². The maximum Gasteiger partial charge on any atom is 0.290 e. The number of ketones is 1. The van der Waals surface area contributed by atoms with E-state index in [4.69, 9.17) is 9.90 Å². The molecule has 1 N–H and O–H groups in total. The Bertz CT molecular complexity index is 292. The highest BCUT2D eigenvalue weighted by molar-refractivity contribution is 5.95. The number of hydrogen-bond acceptors (Lipinski definition) is 2. The quantitative estimate of drug-likeness (QED) is 0.530. The van der Waals surface area contributed by atoms with Crippen molar-refractivity contribution in [2.24, 2.45) is 0 Å². The van der Waals surface area contributed by atoms with Gasteiger partial charge in [-0.25, -0.2) is 0 Å². The van der Waals surface area contributed by atoms with Gasteiger partial charge < -0.3 is 5.11 Å². The second-order valence-electron chi connectivity index (χ2n) is 2.48. The normalized spacial score (nSPS) is 8.15. The van der Waals surface area contributed by atoms with Gasteiger partial charge in [-0.15, -0.1) is 0 Å². The van der Waals surface area contributed by atoms with Gasteiger partial charge in [-0.2, -0.15) is 0 Å². The molecular formula is C10H12O3. The van der Waals surface area contributed by atoms with Crippen molar-refractivity contribution in [3.05, 3.63) is 35.4 Å². The van der Waals surface area contributed by atoms with Crippen LogP contribution in [0.15, 0.2) is 24.3 Å². The number of carbonyl (C=O) groups is 2. The number of rotatable bonds is 1. The van der Waals surface area contributed by atoms with Crippen LogP contribution in [0.1, 0.15) is 22.8 Å². The number of benzene rings is 1. The van der Waals surface area contributed by atoms with Crippen molar-refractivity contribution in [2.75, 3.05) is 0 Å². The molecule has 0 unspecified atom stereocenters. The van der Waals surface area contributed by atoms with E-state index in [-0.39, 0.29) is 12.3 Å². The van der Waals surface area contributed by atoms with Crippen molar-refractivity contribution >= 4 is 12.3 Å². The van der Waals surface area contributed by atoms with Crippen LogP contribution in [0.5, 0.6) is 0 Å². The Balaban J connectivity index is 0.000000424. The molecule has 0 aliphatic heterocycles. The zero-order chi connectivity index (χ0) is 10.3. The molecule has 13 heavy (non-hydrogen) atoms. The summed E-state index contributed by atoms with van der Waals surface area (Å²) in [5.41, 5.74) is 1.87. The monoisotopic (exact) mass is 180 g/mol. The van der Waals surface area contributed by atoms with E-state index in [0.29, 0.717) is 0 Å². The molecule has 0 bridgehead atoms. The Hall–Kier alpha value is -1.64. The fourth-order valence-corrected chi connectivity index (χ4v) is 0.968. The van der Waals surface area contributed by atoms with E-state index >= 15 is 0 Å². The summed E-state index contributed by atoms with van der Waals surface area (Å²) in [6.45, 7) is 3.28. The molecule has 0 aromatic heterocycles. The summed E-state index contributed by atoms with van der Waals surface area (Å²) in [5.74, 6) is 0.137. The topological polar surface area (TPSA) is 54.4 Å². The SMILES string of the molecule is CC(=O)c1ccccc1C.O=CO. The maximum absolute atomic E-state index is 10.9. The molecule has 1 rings (SSSR count). The first-order chi connectivity index (χ1) is 6.13. The highest BCUT2D eigenvalue weighted by Crippen LogP contribution is 2.06. The smallest absolute Gasteiger partial charge is 0.290 e. The molecule has 3 nitrogen and oxygen atoms in total. The first kappa shape index (κ1) is 11.4. The Morgan fingerprint density at radius 3 is 2.15 bits per heavy atom. The van der Waals surface area contributed by atoms with Gasteiger partial charge in [-0.3, -0.25) is 9.59 Å². The van der Waals surface area contributed by atoms with Crippen molar-refractivity contribution in [3.63, 3.8) is 0 Å². The van der Waals surface area contributed by atoms with Crippen LogP contribution in [0.3, 0.4) is 0 Å². The Kier molecular flexibility index (Phi) is 5.19. The van der Waals surface area contributed by atoms with Crippen LogP contribution >= 0.6 is 0 Å². The van der Waals surface area contributed by atoms with Gasteiger partial charge in [0.2, 0.25) is 0 Å². The van der Waals surface area contributed by atoms with Crippen LogP contribution < -0.4 is 0 Å². The first-order valence-corrected chi connectivity index (χ1v) is 3.78. The van der Waals surface area contributed by atoms with E-state index in [1.54, 1.807) is 6.92 Å². The van der Waals surface area contributed by atoms with E-state index in [1.807, 2.05) is 31.2 Å². The first-order valence-electron chi connectivity index (χ1n) is 3.78. The number of carboxylic acid groups (broad SMARTS) is 1. The minimum Gasteiger partial charge on any atom is -0.483 e. The molecule has 0 aliphatic rings. The van der Waals surface area contributed by atoms with Crippen LogP contribution in [0.4, 0.5) is 0 Å². The second kappa shape index (κ2) is 5.94. The summed E-state index contributed by atoms with van der Waals surface area (Å²) < 4.78 is 0. The number of aryl methyl sites for hydroxylation is 1. The molecule has 1 aromatic rings. The fourth-order valence-electron chi connectivity index (χ4n) is 0.968. The van der Waals surface area contributed by atoms with E-state index in [9.17, 15) is 4.79 Å². The average molecular weight is 180 g/mol. The van der Waals surface area contributed by atoms with Crippen molar-refractivity contribution in [3.8, 4) is 0 Å². The summed E-state index contributed by atoms with van der Waals surface area (Å²) in [6, 6.07) is 7.60. The molecule has 0 amide bonds. The van der Waals surface area contributed by atoms with Gasteiger partial charge in [-0.05, 0) is 19.4 Å². The second-order valence-corrected chi connectivity index (χ2v) is 2.48. The molecule has 0 saturated heterocycles. The van der Waals surface area contributed by atoms with Crippen LogP contribution in [0, 0.1) is 6.92 Å². The minimum absolute atomic E-state index is 0.137. The van der Waals surface area contributed by atoms with Crippen molar-refractivity contribution < 1.29 is 14.7 Å². The zero-order valence-corrected chi connectivity index (χ0v) is 7.65. The molecule has 3 heteroatoms. The van der Waals surface area contributed by atoms with E-state index in [1.165, 1.54) is 0 Å². The largest absolute Gasteiger partial charge is 0.483 e. The maximum atomic E-state index is 10.9. The molecule has 0 aliphatic carbocycles. The third-order valence-electron chi connectivity index (χ3n) is 1.52. The Morgan fingerprint density at radius 1 is 1.38 bits per heavy atom. The lowest BCUT2D eigenvalue weighted by Crippen LogP contribution is -1.93. The van der Waals surface area contributed by atoms with Gasteiger partial charge >= 0.3 is 0 Å². The minimum atomic E-state index is -0.250. The lowest BCUT2D eigenvalue weighted by molar-refractivity contribution is -0.122. The lowest BCUT2D eigenvalue weighted by Gasteiger charge is -1.97. The predicted molar refractivity (Wildman–Crippen MR) is 49.9 cm³/mol. The summed E-state index contributed by atoms with van der Waals surface area (Å²) in [7, 11) is 0. The van der Waals surface area contributed by atoms with Crippen LogP contribution in [0.2, 0.25) is 0 Å². The standard InChI is InChI=1S/C9H10O.CH2O2/c1-7-5-3-4-6-9(7)8(2)10;2-1-3/h3-6H,1-2H3;1H,(H,2,3). The highest BCUT2D eigenvalue weighted by Gasteiger charge is 1.99. The van der Waals surface area contributed by atoms with E-state index in [2.05, 4.69) is 0 Å². The molecule has 0 atom stereocenters. The molecule has 70 valence electrons. The molecule has 0 radical (unpaired) electrons. The third kappa shape index (κ3) is 4.06. The molecule has 0 saturated carbocycles. The summed E-state index contributed by atoms with van der Waals surface area (Å²) >= 11 is 0. The van der Waals surface area contributed by atoms with Gasteiger partial charge in [-0.1, -0.05) is 24.3 Å². The summed E-state index contributed by atoms with van der Waals surface area (Å²) in [5, 5.41) is 6.89. The van der Waals surface area contributed by atoms with Crippen LogP contribution in [0.25, 0.3) is 0 Å². The highest BCUT2D eigenvalue weighted by atomic mass is 16.3. The van der Waals surface area contributed by atoms with Gasteiger partial charge in [0.1, 0.15) is 0 Å². The van der Waals surface area contributed by atoms with Gasteiger partial charge in [0.25, 0.3) is 6.47 Å². The summed E-state index contributed by atoms with van der Waals surface area (Å²) in [4.78, 5) is 19.2. The van der Waals surface area contributed by atoms with E-state index < -0.39 is 0 Å². The molecule has 0 heterocycles. The van der Waals surface area contributed by atoms with Gasteiger partial charge in [0.05, 0.1) is 0 Å². The third-order valence-corrected chi connectivity index (χ3v) is 1.52. The predicted octanol–water partition coefficient (Wildman–Crippen LogP) is 1.90. The Morgan fingerprint density at radius 2 is 1.85 bits per heavy atom. The van der Waals surface area contributed by atoms with E-state index in [0.717, 1.165) is 11.1 Å². The Labute approximate surface area is 77.0 Å².